The highest BCUT2D eigenvalue weighted by Gasteiger charge is 2.38. The Morgan fingerprint density at radius 1 is 0.933 bits per heavy atom. The molecule has 0 fully saturated rings. The second kappa shape index (κ2) is 7.25. The molecule has 148 valence electrons. The van der Waals surface area contributed by atoms with Gasteiger partial charge in [0, 0.05) is 23.4 Å². The number of carbonyl (C=O) groups excluding carboxylic acids is 3. The summed E-state index contributed by atoms with van der Waals surface area (Å²) >= 11 is 0. The molecule has 1 aliphatic rings. The van der Waals surface area contributed by atoms with Gasteiger partial charge in [-0.1, -0.05) is 23.8 Å². The van der Waals surface area contributed by atoms with Crippen LogP contribution in [0.25, 0.3) is 0 Å². The fourth-order valence-electron chi connectivity index (χ4n) is 3.20. The van der Waals surface area contributed by atoms with E-state index in [2.05, 4.69) is 5.32 Å². The summed E-state index contributed by atoms with van der Waals surface area (Å²) in [6, 6.07) is 16.9. The Morgan fingerprint density at radius 3 is 2.33 bits per heavy atom. The first kappa shape index (κ1) is 19.0. The summed E-state index contributed by atoms with van der Waals surface area (Å²) in [6.45, 7) is 1.94. The molecular formula is C22H15N3O5. The summed E-state index contributed by atoms with van der Waals surface area (Å²) in [4.78, 5) is 49.4. The van der Waals surface area contributed by atoms with Crippen LogP contribution < -0.4 is 10.2 Å². The second-order valence-electron chi connectivity index (χ2n) is 6.80. The van der Waals surface area contributed by atoms with Gasteiger partial charge in [-0.15, -0.1) is 0 Å². The maximum Gasteiger partial charge on any atom is 0.270 e. The number of nitro groups is 1. The van der Waals surface area contributed by atoms with Crippen molar-refractivity contribution in [2.75, 3.05) is 10.2 Å². The van der Waals surface area contributed by atoms with Crippen molar-refractivity contribution in [1.29, 1.82) is 0 Å². The monoisotopic (exact) mass is 401 g/mol. The zero-order valence-corrected chi connectivity index (χ0v) is 15.8. The number of non-ortho nitro benzene ring substituents is 1. The molecule has 0 aliphatic carbocycles. The van der Waals surface area contributed by atoms with Crippen LogP contribution in [0.3, 0.4) is 0 Å². The van der Waals surface area contributed by atoms with Crippen LogP contribution in [0, 0.1) is 17.0 Å². The minimum Gasteiger partial charge on any atom is -0.322 e. The van der Waals surface area contributed by atoms with E-state index in [1.54, 1.807) is 24.3 Å². The Morgan fingerprint density at radius 2 is 1.63 bits per heavy atom. The van der Waals surface area contributed by atoms with E-state index >= 15 is 0 Å². The van der Waals surface area contributed by atoms with Gasteiger partial charge >= 0.3 is 0 Å². The molecule has 0 spiro atoms. The average Bonchev–Trinajstić information content (AvgIpc) is 2.99. The van der Waals surface area contributed by atoms with Crippen LogP contribution in [0.5, 0.6) is 0 Å². The second-order valence-corrected chi connectivity index (χ2v) is 6.80. The lowest BCUT2D eigenvalue weighted by molar-refractivity contribution is -0.384. The van der Waals surface area contributed by atoms with Crippen LogP contribution in [-0.4, -0.2) is 22.6 Å². The van der Waals surface area contributed by atoms with Crippen LogP contribution in [0.4, 0.5) is 17.1 Å². The number of amides is 3. The molecule has 1 aliphatic heterocycles. The van der Waals surface area contributed by atoms with E-state index < -0.39 is 22.6 Å². The highest BCUT2D eigenvalue weighted by Crippen LogP contribution is 2.31. The Labute approximate surface area is 170 Å². The van der Waals surface area contributed by atoms with Crippen LogP contribution in [0.1, 0.15) is 36.6 Å². The van der Waals surface area contributed by atoms with Gasteiger partial charge in [0.25, 0.3) is 23.4 Å². The van der Waals surface area contributed by atoms with E-state index in [1.807, 2.05) is 19.1 Å². The number of carbonyl (C=O) groups is 3. The fraction of sp³-hybridized carbons (Fsp3) is 0.0455. The molecule has 0 radical (unpaired) electrons. The normalized spacial score (nSPS) is 12.6. The van der Waals surface area contributed by atoms with Crippen molar-refractivity contribution in [2.24, 2.45) is 0 Å². The highest BCUT2D eigenvalue weighted by atomic mass is 16.6. The standard InChI is InChI=1S/C22H15N3O5/c1-13-5-7-15(8-6-13)23-20(26)14-3-2-4-16(11-14)24-21(27)18-10-9-17(25(29)30)12-19(18)22(24)28/h2-12H,1H3,(H,23,26). The van der Waals surface area contributed by atoms with Crippen molar-refractivity contribution >= 4 is 34.8 Å². The van der Waals surface area contributed by atoms with Gasteiger partial charge in [0.05, 0.1) is 21.7 Å². The van der Waals surface area contributed by atoms with Crippen molar-refractivity contribution in [3.05, 3.63) is 99.1 Å². The third-order valence-corrected chi connectivity index (χ3v) is 4.76. The van der Waals surface area contributed by atoms with Crippen molar-refractivity contribution in [1.82, 2.24) is 0 Å². The zero-order chi connectivity index (χ0) is 21.4. The summed E-state index contributed by atoms with van der Waals surface area (Å²) in [5.41, 5.74) is 1.91. The summed E-state index contributed by atoms with van der Waals surface area (Å²) in [5, 5.41) is 13.7. The summed E-state index contributed by atoms with van der Waals surface area (Å²) in [6.07, 6.45) is 0. The van der Waals surface area contributed by atoms with Gasteiger partial charge in [0.15, 0.2) is 0 Å². The smallest absolute Gasteiger partial charge is 0.270 e. The molecule has 1 N–H and O–H groups in total. The number of hydrogen-bond acceptors (Lipinski definition) is 5. The van der Waals surface area contributed by atoms with E-state index in [0.717, 1.165) is 16.5 Å². The molecule has 4 rings (SSSR count). The number of nitrogens with zero attached hydrogens (tertiary/aromatic N) is 2. The van der Waals surface area contributed by atoms with E-state index in [4.69, 9.17) is 0 Å². The topological polar surface area (TPSA) is 110 Å². The Kier molecular flexibility index (Phi) is 4.59. The van der Waals surface area contributed by atoms with Crippen molar-refractivity contribution in [2.45, 2.75) is 6.92 Å². The fourth-order valence-corrected chi connectivity index (χ4v) is 3.20. The number of rotatable bonds is 4. The Bertz CT molecular complexity index is 1220. The molecule has 0 atom stereocenters. The molecule has 3 amide bonds. The third-order valence-electron chi connectivity index (χ3n) is 4.76. The number of imide groups is 1. The van der Waals surface area contributed by atoms with Gasteiger partial charge in [0.2, 0.25) is 0 Å². The maximum atomic E-state index is 12.8. The average molecular weight is 401 g/mol. The first-order valence-corrected chi connectivity index (χ1v) is 9.00. The van der Waals surface area contributed by atoms with Crippen molar-refractivity contribution in [3.8, 4) is 0 Å². The van der Waals surface area contributed by atoms with Gasteiger partial charge < -0.3 is 5.32 Å². The molecule has 0 unspecified atom stereocenters. The molecule has 8 heteroatoms. The minimum absolute atomic E-state index is 0.0382. The molecule has 8 nitrogen and oxygen atoms in total. The van der Waals surface area contributed by atoms with Crippen LogP contribution in [0.15, 0.2) is 66.7 Å². The third kappa shape index (κ3) is 3.30. The predicted octanol–water partition coefficient (Wildman–Crippen LogP) is 3.96. The predicted molar refractivity (Wildman–Crippen MR) is 110 cm³/mol. The first-order chi connectivity index (χ1) is 14.3. The number of hydrogen-bond donors (Lipinski definition) is 1. The van der Waals surface area contributed by atoms with Crippen molar-refractivity contribution in [3.63, 3.8) is 0 Å². The SMILES string of the molecule is Cc1ccc(NC(=O)c2cccc(N3C(=O)c4ccc([N+](=O)[O-])cc4C3=O)c2)cc1. The number of benzene rings is 3. The first-order valence-electron chi connectivity index (χ1n) is 9.00. The van der Waals surface area contributed by atoms with Crippen LogP contribution in [-0.2, 0) is 0 Å². The summed E-state index contributed by atoms with van der Waals surface area (Å²) in [7, 11) is 0. The molecule has 30 heavy (non-hydrogen) atoms. The molecule has 0 bridgehead atoms. The van der Waals surface area contributed by atoms with E-state index in [1.165, 1.54) is 24.3 Å². The van der Waals surface area contributed by atoms with E-state index in [0.29, 0.717) is 5.69 Å². The molecule has 3 aromatic carbocycles. The van der Waals surface area contributed by atoms with Crippen molar-refractivity contribution < 1.29 is 19.3 Å². The highest BCUT2D eigenvalue weighted by molar-refractivity contribution is 6.34. The molecule has 0 aromatic heterocycles. The molecule has 0 saturated heterocycles. The van der Waals surface area contributed by atoms with Crippen LogP contribution in [0.2, 0.25) is 0 Å². The summed E-state index contributed by atoms with van der Waals surface area (Å²) in [5.74, 6) is -1.66. The van der Waals surface area contributed by atoms with Gasteiger partial charge in [-0.05, 0) is 43.3 Å². The number of nitro benzene ring substituents is 1. The number of fused-ring (bicyclic) bond motifs is 1. The maximum absolute atomic E-state index is 12.8. The summed E-state index contributed by atoms with van der Waals surface area (Å²) < 4.78 is 0. The lowest BCUT2D eigenvalue weighted by atomic mass is 10.1. The molecule has 1 heterocycles. The number of nitrogens with one attached hydrogen (secondary N) is 1. The largest absolute Gasteiger partial charge is 0.322 e. The molecule has 3 aromatic rings. The van der Waals surface area contributed by atoms with Gasteiger partial charge in [-0.2, -0.15) is 0 Å². The lowest BCUT2D eigenvalue weighted by Gasteiger charge is -2.15. The van der Waals surface area contributed by atoms with E-state index in [9.17, 15) is 24.5 Å². The molecular weight excluding hydrogens is 386 g/mol. The lowest BCUT2D eigenvalue weighted by Crippen LogP contribution is -2.29. The van der Waals surface area contributed by atoms with Gasteiger partial charge in [-0.3, -0.25) is 24.5 Å². The minimum atomic E-state index is -0.671. The van der Waals surface area contributed by atoms with Gasteiger partial charge in [0.1, 0.15) is 0 Å². The van der Waals surface area contributed by atoms with Crippen LogP contribution >= 0.6 is 0 Å². The quantitative estimate of drug-likeness (QED) is 0.404. The Balaban J connectivity index is 1.63. The Hall–Kier alpha value is -4.33. The molecule has 0 saturated carbocycles. The zero-order valence-electron chi connectivity index (χ0n) is 15.8. The van der Waals surface area contributed by atoms with Gasteiger partial charge in [-0.25, -0.2) is 4.90 Å². The number of anilines is 2. The number of aryl methyl sites for hydroxylation is 1. The van der Waals surface area contributed by atoms with E-state index in [-0.39, 0.29) is 28.1 Å².